The van der Waals surface area contributed by atoms with Crippen molar-refractivity contribution in [3.63, 3.8) is 0 Å². The van der Waals surface area contributed by atoms with Gasteiger partial charge in [0.25, 0.3) is 27.2 Å². The van der Waals surface area contributed by atoms with E-state index < -0.39 is 42.7 Å². The Balaban J connectivity index is 1.99. The van der Waals surface area contributed by atoms with Crippen molar-refractivity contribution in [2.75, 3.05) is 0 Å². The number of nitro benzene ring substituents is 1. The summed E-state index contributed by atoms with van der Waals surface area (Å²) >= 11 is 11.7. The largest absolute Gasteiger partial charge is 0.319 e. The summed E-state index contributed by atoms with van der Waals surface area (Å²) < 4.78 is 26.3. The van der Waals surface area contributed by atoms with E-state index in [2.05, 4.69) is 9.97 Å². The summed E-state index contributed by atoms with van der Waals surface area (Å²) in [4.78, 5) is 40.1. The molecule has 1 heterocycles. The zero-order valence-corrected chi connectivity index (χ0v) is 15.8. The van der Waals surface area contributed by atoms with Gasteiger partial charge < -0.3 is 4.98 Å². The van der Waals surface area contributed by atoms with Crippen molar-refractivity contribution in [1.29, 1.82) is 0 Å². The lowest BCUT2D eigenvalue weighted by Crippen LogP contribution is -2.35. The van der Waals surface area contributed by atoms with Gasteiger partial charge in [0.2, 0.25) is 0 Å². The normalized spacial score (nSPS) is 11.4. The number of carbonyl (C=O) groups is 1. The van der Waals surface area contributed by atoms with Crippen molar-refractivity contribution in [3.8, 4) is 0 Å². The Morgan fingerprint density at radius 1 is 1.18 bits per heavy atom. The highest BCUT2D eigenvalue weighted by atomic mass is 35.5. The van der Waals surface area contributed by atoms with Gasteiger partial charge in [0, 0.05) is 12.1 Å². The van der Waals surface area contributed by atoms with Gasteiger partial charge in [0.1, 0.15) is 0 Å². The van der Waals surface area contributed by atoms with Crippen LogP contribution in [-0.4, -0.2) is 29.2 Å². The molecule has 1 amide bonds. The van der Waals surface area contributed by atoms with Crippen LogP contribution in [0.15, 0.2) is 46.1 Å². The zero-order valence-electron chi connectivity index (χ0n) is 13.5. The smallest absolute Gasteiger partial charge is 0.289 e. The highest BCUT2D eigenvalue weighted by Crippen LogP contribution is 2.25. The van der Waals surface area contributed by atoms with Gasteiger partial charge in [-0.05, 0) is 18.2 Å². The first-order chi connectivity index (χ1) is 13.1. The van der Waals surface area contributed by atoms with Crippen LogP contribution in [0.5, 0.6) is 0 Å². The van der Waals surface area contributed by atoms with E-state index >= 15 is 0 Å². The summed E-state index contributed by atoms with van der Waals surface area (Å²) in [7, 11) is -4.49. The standard InChI is InChI=1S/C15H8Cl2N4O6S/c16-9-5-11-12(6-10(9)17)19-14(22)13(18-11)15(23)20-28(26,27)8-3-1-2-7(4-8)21(24)25/h1-6H,(H,19,22)(H,20,23). The van der Waals surface area contributed by atoms with Crippen LogP contribution in [0.2, 0.25) is 10.0 Å². The van der Waals surface area contributed by atoms with E-state index in [0.29, 0.717) is 0 Å². The van der Waals surface area contributed by atoms with Gasteiger partial charge in [-0.1, -0.05) is 29.3 Å². The number of sulfonamides is 1. The van der Waals surface area contributed by atoms with Crippen molar-refractivity contribution in [3.05, 3.63) is 72.6 Å². The predicted octanol–water partition coefficient (Wildman–Crippen LogP) is 2.26. The Morgan fingerprint density at radius 3 is 2.54 bits per heavy atom. The Morgan fingerprint density at radius 2 is 1.86 bits per heavy atom. The van der Waals surface area contributed by atoms with Gasteiger partial charge in [-0.3, -0.25) is 19.7 Å². The molecule has 3 rings (SSSR count). The second-order valence-electron chi connectivity index (χ2n) is 5.39. The number of non-ortho nitro benzene ring substituents is 1. The molecule has 0 aliphatic carbocycles. The summed E-state index contributed by atoms with van der Waals surface area (Å²) in [5.74, 6) is -1.32. The lowest BCUT2D eigenvalue weighted by Gasteiger charge is -2.07. The van der Waals surface area contributed by atoms with E-state index in [1.807, 2.05) is 0 Å². The highest BCUT2D eigenvalue weighted by molar-refractivity contribution is 7.90. The lowest BCUT2D eigenvalue weighted by atomic mass is 10.3. The first-order valence-corrected chi connectivity index (χ1v) is 9.53. The number of carbonyl (C=O) groups excluding carboxylic acids is 1. The molecule has 0 saturated heterocycles. The molecule has 10 nitrogen and oxygen atoms in total. The van der Waals surface area contributed by atoms with Crippen molar-refractivity contribution >= 4 is 55.9 Å². The molecule has 13 heteroatoms. The van der Waals surface area contributed by atoms with E-state index in [0.717, 1.165) is 24.3 Å². The zero-order chi connectivity index (χ0) is 20.6. The average Bonchev–Trinajstić information content (AvgIpc) is 2.62. The number of aromatic nitrogens is 2. The van der Waals surface area contributed by atoms with Crippen LogP contribution in [-0.2, 0) is 10.0 Å². The van der Waals surface area contributed by atoms with Crippen LogP contribution in [0.3, 0.4) is 0 Å². The number of nitrogens with zero attached hydrogens (tertiary/aromatic N) is 2. The molecule has 0 fully saturated rings. The predicted molar refractivity (Wildman–Crippen MR) is 100 cm³/mol. The molecular formula is C15H8Cl2N4O6S. The number of aromatic amines is 1. The molecule has 0 aliphatic rings. The molecule has 2 N–H and O–H groups in total. The SMILES string of the molecule is O=C(NS(=O)(=O)c1cccc([N+](=O)[O-])c1)c1nc2cc(Cl)c(Cl)cc2[nH]c1=O. The van der Waals surface area contributed by atoms with E-state index in [9.17, 15) is 28.1 Å². The number of hydrogen-bond acceptors (Lipinski definition) is 7. The van der Waals surface area contributed by atoms with Gasteiger partial charge in [0.15, 0.2) is 5.69 Å². The Kier molecular flexibility index (Phi) is 5.06. The number of fused-ring (bicyclic) bond motifs is 1. The van der Waals surface area contributed by atoms with Crippen molar-refractivity contribution < 1.29 is 18.1 Å². The quantitative estimate of drug-likeness (QED) is 0.463. The van der Waals surface area contributed by atoms with Crippen LogP contribution in [0.25, 0.3) is 11.0 Å². The lowest BCUT2D eigenvalue weighted by molar-refractivity contribution is -0.385. The van der Waals surface area contributed by atoms with Crippen molar-refractivity contribution in [1.82, 2.24) is 14.7 Å². The second kappa shape index (κ2) is 7.19. The molecule has 144 valence electrons. The molecular weight excluding hydrogens is 435 g/mol. The summed E-state index contributed by atoms with van der Waals surface area (Å²) in [5.41, 5.74) is -1.88. The molecule has 0 bridgehead atoms. The maximum absolute atomic E-state index is 12.3. The third-order valence-electron chi connectivity index (χ3n) is 3.52. The number of halogens is 2. The molecule has 0 unspecified atom stereocenters. The fourth-order valence-corrected chi connectivity index (χ4v) is 3.54. The monoisotopic (exact) mass is 442 g/mol. The molecule has 0 aliphatic heterocycles. The molecule has 0 radical (unpaired) electrons. The van der Waals surface area contributed by atoms with E-state index in [1.54, 1.807) is 4.72 Å². The maximum atomic E-state index is 12.3. The minimum Gasteiger partial charge on any atom is -0.319 e. The number of nitrogens with one attached hydrogen (secondary N) is 2. The topological polar surface area (TPSA) is 152 Å². The second-order valence-corrected chi connectivity index (χ2v) is 7.88. The molecule has 3 aromatic rings. The van der Waals surface area contributed by atoms with Gasteiger partial charge in [0.05, 0.1) is 30.9 Å². The minimum absolute atomic E-state index is 0.104. The van der Waals surface area contributed by atoms with Crippen LogP contribution >= 0.6 is 23.2 Å². The van der Waals surface area contributed by atoms with Crippen LogP contribution in [0.4, 0.5) is 5.69 Å². The molecule has 2 aromatic carbocycles. The Hall–Kier alpha value is -3.02. The van der Waals surface area contributed by atoms with Gasteiger partial charge in [-0.2, -0.15) is 0 Å². The van der Waals surface area contributed by atoms with Gasteiger partial charge in [-0.25, -0.2) is 18.1 Å². The van der Waals surface area contributed by atoms with Crippen LogP contribution < -0.4 is 10.3 Å². The van der Waals surface area contributed by atoms with E-state index in [1.165, 1.54) is 12.1 Å². The van der Waals surface area contributed by atoms with Crippen LogP contribution in [0.1, 0.15) is 10.5 Å². The fourth-order valence-electron chi connectivity index (χ4n) is 2.23. The van der Waals surface area contributed by atoms with E-state index in [-0.39, 0.29) is 21.1 Å². The number of H-pyrrole nitrogens is 1. The summed E-state index contributed by atoms with van der Waals surface area (Å²) in [6, 6.07) is 6.68. The first kappa shape index (κ1) is 19.7. The molecule has 0 spiro atoms. The minimum atomic E-state index is -4.49. The Labute approximate surface area is 166 Å². The fraction of sp³-hybridized carbons (Fsp3) is 0. The molecule has 1 aromatic heterocycles. The summed E-state index contributed by atoms with van der Waals surface area (Å²) in [6.45, 7) is 0. The maximum Gasteiger partial charge on any atom is 0.289 e. The van der Waals surface area contributed by atoms with Crippen molar-refractivity contribution in [2.45, 2.75) is 4.90 Å². The molecule has 0 saturated carbocycles. The first-order valence-electron chi connectivity index (χ1n) is 7.29. The van der Waals surface area contributed by atoms with E-state index in [4.69, 9.17) is 23.2 Å². The highest BCUT2D eigenvalue weighted by Gasteiger charge is 2.24. The van der Waals surface area contributed by atoms with Gasteiger partial charge in [-0.15, -0.1) is 0 Å². The van der Waals surface area contributed by atoms with Crippen molar-refractivity contribution in [2.24, 2.45) is 0 Å². The summed E-state index contributed by atoms with van der Waals surface area (Å²) in [5, 5.41) is 11.1. The number of benzene rings is 2. The number of rotatable bonds is 4. The third-order valence-corrected chi connectivity index (χ3v) is 5.57. The van der Waals surface area contributed by atoms with Crippen LogP contribution in [0, 0.1) is 10.1 Å². The number of amides is 1. The summed E-state index contributed by atoms with van der Waals surface area (Å²) in [6.07, 6.45) is 0. The number of nitro groups is 1. The third kappa shape index (κ3) is 3.81. The Bertz CT molecular complexity index is 1310. The van der Waals surface area contributed by atoms with Gasteiger partial charge >= 0.3 is 0 Å². The number of hydrogen-bond donors (Lipinski definition) is 2. The molecule has 28 heavy (non-hydrogen) atoms. The molecule has 0 atom stereocenters. The average molecular weight is 443 g/mol.